The second-order valence-corrected chi connectivity index (χ2v) is 9.33. The van der Waals surface area contributed by atoms with E-state index in [2.05, 4.69) is 21.8 Å². The zero-order valence-electron chi connectivity index (χ0n) is 15.5. The molecule has 0 bridgehead atoms. The van der Waals surface area contributed by atoms with Crippen molar-refractivity contribution >= 4 is 33.2 Å². The quantitative estimate of drug-likeness (QED) is 0.624. The average Bonchev–Trinajstić information content (AvgIpc) is 2.70. The van der Waals surface area contributed by atoms with E-state index >= 15 is 0 Å². The molecule has 0 spiro atoms. The molecule has 1 saturated heterocycles. The molecule has 5 nitrogen and oxygen atoms in total. The highest BCUT2D eigenvalue weighted by molar-refractivity contribution is 7.89. The monoisotopic (exact) mass is 442 g/mol. The number of benzene rings is 2. The summed E-state index contributed by atoms with van der Waals surface area (Å²) >= 11 is 11.9. The van der Waals surface area contributed by atoms with Crippen molar-refractivity contribution in [1.82, 2.24) is 9.62 Å². The normalized spacial score (nSPS) is 18.3. The molecule has 0 unspecified atom stereocenters. The van der Waals surface area contributed by atoms with Crippen molar-refractivity contribution in [1.29, 1.82) is 0 Å². The Hall–Kier alpha value is -1.15. The van der Waals surface area contributed by atoms with Crippen LogP contribution >= 0.6 is 23.2 Å². The highest BCUT2D eigenvalue weighted by Gasteiger charge is 2.21. The van der Waals surface area contributed by atoms with Crippen LogP contribution in [-0.4, -0.2) is 46.1 Å². The number of unbranched alkanes of at least 4 members (excludes halogenated alkanes) is 1. The maximum atomic E-state index is 12.4. The van der Waals surface area contributed by atoms with E-state index in [1.54, 1.807) is 6.07 Å². The zero-order chi connectivity index (χ0) is 20.0. The van der Waals surface area contributed by atoms with E-state index < -0.39 is 10.0 Å². The Morgan fingerprint density at radius 1 is 1.11 bits per heavy atom. The smallest absolute Gasteiger partial charge is 0.242 e. The minimum absolute atomic E-state index is 0.0144. The van der Waals surface area contributed by atoms with Crippen LogP contribution in [0.4, 0.5) is 0 Å². The Balaban J connectivity index is 1.42. The molecule has 0 aromatic heterocycles. The summed E-state index contributed by atoms with van der Waals surface area (Å²) in [6.45, 7) is 3.73. The van der Waals surface area contributed by atoms with Crippen molar-refractivity contribution in [3.63, 3.8) is 0 Å². The number of hydrogen-bond acceptors (Lipinski definition) is 4. The molecule has 1 atom stereocenters. The van der Waals surface area contributed by atoms with E-state index in [1.807, 2.05) is 18.2 Å². The molecule has 0 radical (unpaired) electrons. The van der Waals surface area contributed by atoms with Gasteiger partial charge in [0.05, 0.1) is 17.7 Å². The summed E-state index contributed by atoms with van der Waals surface area (Å²) in [5.74, 6) is 0. The molecule has 0 saturated carbocycles. The van der Waals surface area contributed by atoms with Crippen LogP contribution in [0.25, 0.3) is 0 Å². The molecule has 1 aliphatic heterocycles. The van der Waals surface area contributed by atoms with Crippen molar-refractivity contribution < 1.29 is 13.2 Å². The van der Waals surface area contributed by atoms with Gasteiger partial charge >= 0.3 is 0 Å². The van der Waals surface area contributed by atoms with Gasteiger partial charge in [0, 0.05) is 24.7 Å². The highest BCUT2D eigenvalue weighted by Crippen LogP contribution is 2.25. The first-order valence-corrected chi connectivity index (χ1v) is 11.5. The molecule has 2 aromatic rings. The van der Waals surface area contributed by atoms with Crippen LogP contribution in [0.15, 0.2) is 53.4 Å². The number of ether oxygens (including phenoxy) is 1. The predicted molar refractivity (Wildman–Crippen MR) is 112 cm³/mol. The van der Waals surface area contributed by atoms with E-state index in [-0.39, 0.29) is 16.0 Å². The number of nitrogens with one attached hydrogen (secondary N) is 1. The number of halogens is 2. The topological polar surface area (TPSA) is 58.6 Å². The Morgan fingerprint density at radius 3 is 2.68 bits per heavy atom. The lowest BCUT2D eigenvalue weighted by Gasteiger charge is -2.33. The maximum absolute atomic E-state index is 12.4. The van der Waals surface area contributed by atoms with Crippen LogP contribution in [0, 0.1) is 0 Å². The van der Waals surface area contributed by atoms with Gasteiger partial charge in [-0.1, -0.05) is 53.5 Å². The van der Waals surface area contributed by atoms with Crippen LogP contribution in [-0.2, 0) is 14.8 Å². The summed E-state index contributed by atoms with van der Waals surface area (Å²) in [5.41, 5.74) is 1.19. The summed E-state index contributed by atoms with van der Waals surface area (Å²) in [4.78, 5) is 2.38. The standard InChI is InChI=1S/C20H24Cl2N2O3S/c21-17-8-9-18(22)20(14-17)28(25,26)23-10-4-5-11-24-12-13-27-19(15-24)16-6-2-1-3-7-16/h1-3,6-9,14,19,23H,4-5,10-13,15H2/t19-/m1/s1. The third kappa shape index (κ3) is 5.92. The molecule has 0 amide bonds. The van der Waals surface area contributed by atoms with Gasteiger partial charge < -0.3 is 4.74 Å². The lowest BCUT2D eigenvalue weighted by molar-refractivity contribution is -0.0303. The summed E-state index contributed by atoms with van der Waals surface area (Å²) in [7, 11) is -3.66. The molecule has 3 rings (SSSR count). The number of nitrogens with zero attached hydrogens (tertiary/aromatic N) is 1. The Morgan fingerprint density at radius 2 is 1.89 bits per heavy atom. The summed E-state index contributed by atoms with van der Waals surface area (Å²) in [5, 5.41) is 0.502. The lowest BCUT2D eigenvalue weighted by atomic mass is 10.1. The molecule has 2 aromatic carbocycles. The van der Waals surface area contributed by atoms with Crippen molar-refractivity contribution in [2.75, 3.05) is 32.8 Å². The first kappa shape index (κ1) is 21.6. The van der Waals surface area contributed by atoms with Crippen molar-refractivity contribution in [2.45, 2.75) is 23.8 Å². The maximum Gasteiger partial charge on any atom is 0.242 e. The van der Waals surface area contributed by atoms with Gasteiger partial charge in [-0.25, -0.2) is 13.1 Å². The van der Waals surface area contributed by atoms with Gasteiger partial charge in [0.2, 0.25) is 10.0 Å². The van der Waals surface area contributed by atoms with Crippen molar-refractivity contribution in [2.24, 2.45) is 0 Å². The number of hydrogen-bond donors (Lipinski definition) is 1. The first-order chi connectivity index (χ1) is 13.5. The van der Waals surface area contributed by atoms with E-state index in [1.165, 1.54) is 17.7 Å². The third-order valence-corrected chi connectivity index (χ3v) is 6.88. The SMILES string of the molecule is O=S(=O)(NCCCCN1CCO[C@@H](c2ccccc2)C1)c1cc(Cl)ccc1Cl. The van der Waals surface area contributed by atoms with Gasteiger partial charge in [-0.15, -0.1) is 0 Å². The molecular formula is C20H24Cl2N2O3S. The largest absolute Gasteiger partial charge is 0.371 e. The molecule has 0 aliphatic carbocycles. The fraction of sp³-hybridized carbons (Fsp3) is 0.400. The molecule has 1 aliphatic rings. The van der Waals surface area contributed by atoms with Crippen molar-refractivity contribution in [3.05, 3.63) is 64.1 Å². The fourth-order valence-electron chi connectivity index (χ4n) is 3.20. The van der Waals surface area contributed by atoms with Crippen LogP contribution < -0.4 is 4.72 Å². The van der Waals surface area contributed by atoms with Crippen LogP contribution in [0.2, 0.25) is 10.0 Å². The first-order valence-electron chi connectivity index (χ1n) is 9.29. The lowest BCUT2D eigenvalue weighted by Crippen LogP contribution is -2.39. The van der Waals surface area contributed by atoms with Gasteiger partial charge in [0.25, 0.3) is 0 Å². The summed E-state index contributed by atoms with van der Waals surface area (Å²) in [6.07, 6.45) is 1.73. The van der Waals surface area contributed by atoms with Crippen LogP contribution in [0.5, 0.6) is 0 Å². The third-order valence-electron chi connectivity index (χ3n) is 4.70. The minimum Gasteiger partial charge on any atom is -0.371 e. The van der Waals surface area contributed by atoms with Gasteiger partial charge in [-0.2, -0.15) is 0 Å². The van der Waals surface area contributed by atoms with Crippen LogP contribution in [0.3, 0.4) is 0 Å². The van der Waals surface area contributed by atoms with Crippen molar-refractivity contribution in [3.8, 4) is 0 Å². The average molecular weight is 443 g/mol. The molecule has 1 N–H and O–H groups in total. The van der Waals surface area contributed by atoms with E-state index in [9.17, 15) is 8.42 Å². The van der Waals surface area contributed by atoms with Gasteiger partial charge in [0.15, 0.2) is 0 Å². The summed E-state index contributed by atoms with van der Waals surface area (Å²) < 4.78 is 33.3. The van der Waals surface area contributed by atoms with E-state index in [0.717, 1.165) is 32.5 Å². The van der Waals surface area contributed by atoms with Crippen LogP contribution in [0.1, 0.15) is 24.5 Å². The van der Waals surface area contributed by atoms with E-state index in [4.69, 9.17) is 27.9 Å². The van der Waals surface area contributed by atoms with E-state index in [0.29, 0.717) is 18.2 Å². The minimum atomic E-state index is -3.66. The summed E-state index contributed by atoms with van der Waals surface area (Å²) in [6, 6.07) is 14.6. The second kappa shape index (κ2) is 10.1. The Bertz CT molecular complexity index is 878. The Kier molecular flexibility index (Phi) is 7.74. The predicted octanol–water partition coefficient (Wildman–Crippen LogP) is 4.13. The molecule has 152 valence electrons. The molecule has 8 heteroatoms. The zero-order valence-corrected chi connectivity index (χ0v) is 17.8. The van der Waals surface area contributed by atoms with Gasteiger partial charge in [0.1, 0.15) is 4.90 Å². The van der Waals surface area contributed by atoms with Gasteiger partial charge in [-0.05, 0) is 43.1 Å². The molecule has 1 fully saturated rings. The number of sulfonamides is 1. The second-order valence-electron chi connectivity index (χ2n) is 6.75. The number of rotatable bonds is 8. The number of morpholine rings is 1. The molecule has 1 heterocycles. The van der Waals surface area contributed by atoms with Gasteiger partial charge in [-0.3, -0.25) is 4.90 Å². The molecule has 28 heavy (non-hydrogen) atoms. The molecular weight excluding hydrogens is 419 g/mol. The fourth-order valence-corrected chi connectivity index (χ4v) is 5.04. The Labute approximate surface area is 176 Å². The highest BCUT2D eigenvalue weighted by atomic mass is 35.5.